The van der Waals surface area contributed by atoms with Crippen LogP contribution in [0, 0.1) is 18.6 Å². The molecule has 0 atom stereocenters. The van der Waals surface area contributed by atoms with Gasteiger partial charge in [-0.2, -0.15) is 4.98 Å². The lowest BCUT2D eigenvalue weighted by Gasteiger charge is -2.10. The third kappa shape index (κ3) is 4.44. The van der Waals surface area contributed by atoms with Gasteiger partial charge in [0, 0.05) is 30.1 Å². The monoisotopic (exact) mass is 356 g/mol. The minimum absolute atomic E-state index is 0.299. The normalized spacial score (nSPS) is 10.5. The molecule has 5 nitrogen and oxygen atoms in total. The van der Waals surface area contributed by atoms with Crippen LogP contribution in [-0.2, 0) is 6.54 Å². The number of hydrogen-bond acceptors (Lipinski definition) is 5. The van der Waals surface area contributed by atoms with Crippen LogP contribution >= 0.6 is 0 Å². The minimum Gasteiger partial charge on any atom is -0.497 e. The highest BCUT2D eigenvalue weighted by atomic mass is 19.2. The van der Waals surface area contributed by atoms with Crippen molar-refractivity contribution in [3.8, 4) is 5.75 Å². The molecule has 3 rings (SSSR count). The molecule has 0 bridgehead atoms. The molecule has 2 N–H and O–H groups in total. The van der Waals surface area contributed by atoms with E-state index in [0.29, 0.717) is 24.0 Å². The van der Waals surface area contributed by atoms with Crippen molar-refractivity contribution < 1.29 is 13.5 Å². The molecule has 26 heavy (non-hydrogen) atoms. The summed E-state index contributed by atoms with van der Waals surface area (Å²) in [6.45, 7) is 2.40. The maximum Gasteiger partial charge on any atom is 0.229 e. The lowest BCUT2D eigenvalue weighted by atomic mass is 10.2. The number of ether oxygens (including phenoxy) is 1. The van der Waals surface area contributed by atoms with E-state index in [9.17, 15) is 8.78 Å². The molecule has 0 saturated carbocycles. The number of benzene rings is 2. The van der Waals surface area contributed by atoms with Crippen LogP contribution in [0.3, 0.4) is 0 Å². The van der Waals surface area contributed by atoms with Crippen LogP contribution < -0.4 is 15.4 Å². The van der Waals surface area contributed by atoms with Crippen molar-refractivity contribution in [3.63, 3.8) is 0 Å². The topological polar surface area (TPSA) is 59.1 Å². The molecule has 0 spiro atoms. The van der Waals surface area contributed by atoms with E-state index in [1.54, 1.807) is 13.2 Å². The van der Waals surface area contributed by atoms with Crippen molar-refractivity contribution >= 4 is 17.5 Å². The van der Waals surface area contributed by atoms with Gasteiger partial charge in [-0.05, 0) is 36.8 Å². The number of rotatable bonds is 6. The number of anilines is 3. The van der Waals surface area contributed by atoms with E-state index < -0.39 is 11.6 Å². The Kier molecular flexibility index (Phi) is 5.26. The van der Waals surface area contributed by atoms with Gasteiger partial charge >= 0.3 is 0 Å². The Hall–Kier alpha value is -3.22. The minimum atomic E-state index is -0.930. The molecule has 0 saturated heterocycles. The maximum absolute atomic E-state index is 13.3. The van der Waals surface area contributed by atoms with Gasteiger partial charge in [0.25, 0.3) is 0 Å². The molecular weight excluding hydrogens is 338 g/mol. The van der Waals surface area contributed by atoms with E-state index in [2.05, 4.69) is 20.6 Å². The summed E-state index contributed by atoms with van der Waals surface area (Å²) < 4.78 is 31.5. The summed E-state index contributed by atoms with van der Waals surface area (Å²) in [5.74, 6) is -0.112. The zero-order valence-corrected chi connectivity index (χ0v) is 14.4. The summed E-state index contributed by atoms with van der Waals surface area (Å²) in [6.07, 6.45) is 0. The van der Waals surface area contributed by atoms with Gasteiger partial charge in [0.1, 0.15) is 11.6 Å². The molecule has 2 aromatic carbocycles. The molecule has 0 aliphatic rings. The zero-order chi connectivity index (χ0) is 18.5. The van der Waals surface area contributed by atoms with Gasteiger partial charge in [-0.25, -0.2) is 13.8 Å². The summed E-state index contributed by atoms with van der Waals surface area (Å²) in [7, 11) is 1.62. The summed E-state index contributed by atoms with van der Waals surface area (Å²) in [6, 6.07) is 13.0. The van der Waals surface area contributed by atoms with Crippen molar-refractivity contribution in [2.24, 2.45) is 0 Å². The first kappa shape index (κ1) is 17.6. The van der Waals surface area contributed by atoms with Gasteiger partial charge < -0.3 is 15.4 Å². The van der Waals surface area contributed by atoms with Gasteiger partial charge in [-0.15, -0.1) is 0 Å². The van der Waals surface area contributed by atoms with Crippen LogP contribution in [0.1, 0.15) is 11.3 Å². The molecule has 1 heterocycles. The Morgan fingerprint density at radius 1 is 0.962 bits per heavy atom. The fraction of sp³-hybridized carbons (Fsp3) is 0.158. The van der Waals surface area contributed by atoms with Crippen LogP contribution in [-0.4, -0.2) is 17.1 Å². The molecule has 3 aromatic rings. The van der Waals surface area contributed by atoms with Crippen LogP contribution in [0.15, 0.2) is 48.5 Å². The summed E-state index contributed by atoms with van der Waals surface area (Å²) in [5.41, 5.74) is 2.18. The Morgan fingerprint density at radius 3 is 2.42 bits per heavy atom. The molecule has 0 unspecified atom stereocenters. The number of aryl methyl sites for hydroxylation is 1. The third-order valence-electron chi connectivity index (χ3n) is 3.66. The number of aromatic nitrogens is 2. The number of nitrogens with zero attached hydrogens (tertiary/aromatic N) is 2. The van der Waals surface area contributed by atoms with Crippen LogP contribution in [0.4, 0.5) is 26.2 Å². The SMILES string of the molecule is COc1ccc(CNc2cc(C)nc(Nc3ccc(F)c(F)c3)n2)cc1. The standard InChI is InChI=1S/C19H18F2N4O/c1-12-9-18(22-11-13-3-6-15(26-2)7-4-13)25-19(23-12)24-14-5-8-16(20)17(21)10-14/h3-10H,11H2,1-2H3,(H2,22,23,24,25). The van der Waals surface area contributed by atoms with Crippen molar-refractivity contribution in [3.05, 3.63) is 71.4 Å². The van der Waals surface area contributed by atoms with E-state index in [4.69, 9.17) is 4.74 Å². The smallest absolute Gasteiger partial charge is 0.229 e. The second kappa shape index (κ2) is 7.77. The molecule has 134 valence electrons. The zero-order valence-electron chi connectivity index (χ0n) is 14.4. The average Bonchev–Trinajstić information content (AvgIpc) is 2.63. The average molecular weight is 356 g/mol. The first-order valence-corrected chi connectivity index (χ1v) is 7.98. The molecular formula is C19H18F2N4O. The molecule has 7 heteroatoms. The van der Waals surface area contributed by atoms with Crippen molar-refractivity contribution in [2.45, 2.75) is 13.5 Å². The van der Waals surface area contributed by atoms with Gasteiger partial charge in [0.15, 0.2) is 11.6 Å². The number of hydrogen-bond donors (Lipinski definition) is 2. The van der Waals surface area contributed by atoms with Crippen LogP contribution in [0.25, 0.3) is 0 Å². The Morgan fingerprint density at radius 2 is 1.73 bits per heavy atom. The molecule has 0 aliphatic heterocycles. The predicted molar refractivity (Wildman–Crippen MR) is 96.7 cm³/mol. The van der Waals surface area contributed by atoms with Crippen molar-refractivity contribution in [1.29, 1.82) is 0 Å². The molecule has 0 fully saturated rings. The lowest BCUT2D eigenvalue weighted by molar-refractivity contribution is 0.414. The van der Waals surface area contributed by atoms with Crippen LogP contribution in [0.2, 0.25) is 0 Å². The van der Waals surface area contributed by atoms with Gasteiger partial charge in [0.05, 0.1) is 7.11 Å². The first-order valence-electron chi connectivity index (χ1n) is 7.98. The molecule has 0 aliphatic carbocycles. The highest BCUT2D eigenvalue weighted by Crippen LogP contribution is 2.19. The fourth-order valence-electron chi connectivity index (χ4n) is 2.35. The van der Waals surface area contributed by atoms with E-state index in [1.807, 2.05) is 31.2 Å². The predicted octanol–water partition coefficient (Wildman–Crippen LogP) is 4.43. The number of halogens is 2. The first-order chi connectivity index (χ1) is 12.5. The Bertz CT molecular complexity index is 901. The second-order valence-electron chi connectivity index (χ2n) is 5.67. The summed E-state index contributed by atoms with van der Waals surface area (Å²) in [4.78, 5) is 8.62. The summed E-state index contributed by atoms with van der Waals surface area (Å²) >= 11 is 0. The second-order valence-corrected chi connectivity index (χ2v) is 5.67. The third-order valence-corrected chi connectivity index (χ3v) is 3.66. The van der Waals surface area contributed by atoms with Crippen molar-refractivity contribution in [1.82, 2.24) is 9.97 Å². The van der Waals surface area contributed by atoms with Gasteiger partial charge in [-0.1, -0.05) is 12.1 Å². The van der Waals surface area contributed by atoms with Crippen molar-refractivity contribution in [2.75, 3.05) is 17.7 Å². The lowest BCUT2D eigenvalue weighted by Crippen LogP contribution is -2.06. The molecule has 0 radical (unpaired) electrons. The molecule has 1 aromatic heterocycles. The highest BCUT2D eigenvalue weighted by Gasteiger charge is 2.06. The van der Waals surface area contributed by atoms with Crippen LogP contribution in [0.5, 0.6) is 5.75 Å². The van der Waals surface area contributed by atoms with Gasteiger partial charge in [-0.3, -0.25) is 0 Å². The Labute approximate surface area is 150 Å². The van der Waals surface area contributed by atoms with E-state index in [-0.39, 0.29) is 0 Å². The highest BCUT2D eigenvalue weighted by molar-refractivity contribution is 5.55. The fourth-order valence-corrected chi connectivity index (χ4v) is 2.35. The molecule has 0 amide bonds. The number of nitrogens with one attached hydrogen (secondary N) is 2. The largest absolute Gasteiger partial charge is 0.497 e. The van der Waals surface area contributed by atoms with E-state index in [0.717, 1.165) is 29.1 Å². The maximum atomic E-state index is 13.3. The van der Waals surface area contributed by atoms with Gasteiger partial charge in [0.2, 0.25) is 5.95 Å². The Balaban J connectivity index is 1.71. The van der Waals surface area contributed by atoms with E-state index in [1.165, 1.54) is 6.07 Å². The number of methoxy groups -OCH3 is 1. The summed E-state index contributed by atoms with van der Waals surface area (Å²) in [5, 5.41) is 6.10. The van der Waals surface area contributed by atoms with E-state index >= 15 is 0 Å². The quantitative estimate of drug-likeness (QED) is 0.684.